The van der Waals surface area contributed by atoms with E-state index in [2.05, 4.69) is 53.5 Å². The van der Waals surface area contributed by atoms with Crippen molar-refractivity contribution in [3.8, 4) is 11.1 Å². The van der Waals surface area contributed by atoms with Gasteiger partial charge in [0.1, 0.15) is 6.26 Å². The van der Waals surface area contributed by atoms with Crippen LogP contribution in [-0.4, -0.2) is 4.98 Å². The molecule has 0 aliphatic heterocycles. The van der Waals surface area contributed by atoms with Gasteiger partial charge < -0.3 is 4.42 Å². The Kier molecular flexibility index (Phi) is 2.15. The number of hydrogen-bond donors (Lipinski definition) is 0. The molecule has 2 aromatic carbocycles. The van der Waals surface area contributed by atoms with Crippen molar-refractivity contribution in [2.24, 2.45) is 0 Å². The molecule has 0 radical (unpaired) electrons. The van der Waals surface area contributed by atoms with Crippen molar-refractivity contribution in [3.05, 3.63) is 78.0 Å². The summed E-state index contributed by atoms with van der Waals surface area (Å²) in [6.07, 6.45) is 5.27. The van der Waals surface area contributed by atoms with Gasteiger partial charge >= 0.3 is 0 Å². The lowest BCUT2D eigenvalue weighted by Gasteiger charge is -2.00. The molecule has 0 saturated heterocycles. The van der Waals surface area contributed by atoms with Crippen molar-refractivity contribution in [1.29, 1.82) is 0 Å². The van der Waals surface area contributed by atoms with Crippen molar-refractivity contribution < 1.29 is 4.42 Å². The summed E-state index contributed by atoms with van der Waals surface area (Å²) in [4.78, 5) is 4.18. The molecule has 0 unspecified atom stereocenters. The lowest BCUT2D eigenvalue weighted by Crippen LogP contribution is -1.81. The molecule has 1 aliphatic rings. The Morgan fingerprint density at radius 1 is 0.789 bits per heavy atom. The summed E-state index contributed by atoms with van der Waals surface area (Å²) in [7, 11) is 0. The van der Waals surface area contributed by atoms with Gasteiger partial charge in [0, 0.05) is 6.08 Å². The lowest BCUT2D eigenvalue weighted by atomic mass is 10.0. The third kappa shape index (κ3) is 1.54. The van der Waals surface area contributed by atoms with Gasteiger partial charge in [0.25, 0.3) is 0 Å². The number of hydrogen-bond acceptors (Lipinski definition) is 2. The molecule has 4 rings (SSSR count). The summed E-state index contributed by atoms with van der Waals surface area (Å²) < 4.78 is 5.34. The number of nitrogens with zero attached hydrogens (tertiary/aromatic N) is 1. The first kappa shape index (κ1) is 10.3. The topological polar surface area (TPSA) is 26.0 Å². The number of oxazole rings is 1. The van der Waals surface area contributed by atoms with E-state index in [1.807, 2.05) is 6.08 Å². The van der Waals surface area contributed by atoms with E-state index in [1.165, 1.54) is 27.8 Å². The zero-order valence-corrected chi connectivity index (χ0v) is 10.2. The minimum absolute atomic E-state index is 0.640. The number of rotatable bonds is 1. The molecule has 0 atom stereocenters. The second-order valence-electron chi connectivity index (χ2n) is 4.52. The Balaban J connectivity index is 2.01. The van der Waals surface area contributed by atoms with Gasteiger partial charge in [-0.05, 0) is 27.8 Å². The SMILES string of the molecule is C(=C1c2ccccc2-c2ccccc21)c1ncco1. The second kappa shape index (κ2) is 3.95. The maximum absolute atomic E-state index is 5.34. The first-order valence-corrected chi connectivity index (χ1v) is 6.24. The van der Waals surface area contributed by atoms with Crippen molar-refractivity contribution >= 4 is 11.6 Å². The zero-order valence-electron chi connectivity index (χ0n) is 10.2. The van der Waals surface area contributed by atoms with Crippen molar-refractivity contribution in [2.45, 2.75) is 0 Å². The Morgan fingerprint density at radius 3 is 1.89 bits per heavy atom. The van der Waals surface area contributed by atoms with Gasteiger partial charge in [-0.3, -0.25) is 0 Å². The van der Waals surface area contributed by atoms with Crippen LogP contribution in [0.25, 0.3) is 22.8 Å². The highest BCUT2D eigenvalue weighted by Gasteiger charge is 2.22. The molecule has 0 fully saturated rings. The van der Waals surface area contributed by atoms with Crippen molar-refractivity contribution in [1.82, 2.24) is 4.98 Å². The zero-order chi connectivity index (χ0) is 12.7. The third-order valence-corrected chi connectivity index (χ3v) is 3.44. The number of benzene rings is 2. The molecule has 0 saturated carbocycles. The van der Waals surface area contributed by atoms with Crippen LogP contribution in [0, 0.1) is 0 Å². The summed E-state index contributed by atoms with van der Waals surface area (Å²) in [6.45, 7) is 0. The largest absolute Gasteiger partial charge is 0.445 e. The molecule has 0 amide bonds. The maximum Gasteiger partial charge on any atom is 0.219 e. The van der Waals surface area contributed by atoms with Gasteiger partial charge in [0.15, 0.2) is 0 Å². The summed E-state index contributed by atoms with van der Waals surface area (Å²) in [5.74, 6) is 0.640. The molecule has 0 bridgehead atoms. The molecule has 2 heteroatoms. The average Bonchev–Trinajstić information content (AvgIpc) is 3.08. The fraction of sp³-hybridized carbons (Fsp3) is 0. The standard InChI is InChI=1S/C17H11NO/c1-3-7-14-12(5-1)13-6-2-4-8-15(13)16(14)11-17-18-9-10-19-17/h1-11H. The predicted octanol–water partition coefficient (Wildman–Crippen LogP) is 4.24. The number of fused-ring (bicyclic) bond motifs is 3. The van der Waals surface area contributed by atoms with Crippen LogP contribution in [0.2, 0.25) is 0 Å². The van der Waals surface area contributed by atoms with Crippen molar-refractivity contribution in [2.75, 3.05) is 0 Å². The van der Waals surface area contributed by atoms with E-state index < -0.39 is 0 Å². The van der Waals surface area contributed by atoms with E-state index in [0.29, 0.717) is 5.89 Å². The van der Waals surface area contributed by atoms with Crippen LogP contribution in [0.15, 0.2) is 65.4 Å². The summed E-state index contributed by atoms with van der Waals surface area (Å²) >= 11 is 0. The molecule has 1 heterocycles. The monoisotopic (exact) mass is 245 g/mol. The fourth-order valence-electron chi connectivity index (χ4n) is 2.64. The molecular weight excluding hydrogens is 234 g/mol. The van der Waals surface area contributed by atoms with E-state index >= 15 is 0 Å². The van der Waals surface area contributed by atoms with Gasteiger partial charge in [-0.2, -0.15) is 0 Å². The molecule has 1 aliphatic carbocycles. The van der Waals surface area contributed by atoms with Crippen LogP contribution < -0.4 is 0 Å². The molecule has 0 N–H and O–H groups in total. The van der Waals surface area contributed by atoms with E-state index in [1.54, 1.807) is 12.5 Å². The minimum atomic E-state index is 0.640. The molecule has 3 aromatic rings. The highest BCUT2D eigenvalue weighted by Crippen LogP contribution is 2.44. The van der Waals surface area contributed by atoms with Crippen LogP contribution in [0.4, 0.5) is 0 Å². The molecule has 19 heavy (non-hydrogen) atoms. The Bertz CT molecular complexity index is 722. The van der Waals surface area contributed by atoms with Gasteiger partial charge in [-0.1, -0.05) is 48.5 Å². The molecule has 2 nitrogen and oxygen atoms in total. The summed E-state index contributed by atoms with van der Waals surface area (Å²) in [6, 6.07) is 16.9. The highest BCUT2D eigenvalue weighted by atomic mass is 16.3. The lowest BCUT2D eigenvalue weighted by molar-refractivity contribution is 0.546. The Morgan fingerprint density at radius 2 is 1.37 bits per heavy atom. The van der Waals surface area contributed by atoms with Crippen LogP contribution in [-0.2, 0) is 0 Å². The maximum atomic E-state index is 5.34. The minimum Gasteiger partial charge on any atom is -0.445 e. The van der Waals surface area contributed by atoms with Gasteiger partial charge in [-0.15, -0.1) is 0 Å². The Labute approximate surface area is 111 Å². The Hall–Kier alpha value is -2.61. The normalized spacial score (nSPS) is 12.1. The summed E-state index contributed by atoms with van der Waals surface area (Å²) in [5, 5.41) is 0. The van der Waals surface area contributed by atoms with E-state index in [-0.39, 0.29) is 0 Å². The smallest absolute Gasteiger partial charge is 0.219 e. The van der Waals surface area contributed by atoms with Gasteiger partial charge in [0.05, 0.1) is 6.20 Å². The van der Waals surface area contributed by atoms with E-state index in [9.17, 15) is 0 Å². The fourth-order valence-corrected chi connectivity index (χ4v) is 2.64. The van der Waals surface area contributed by atoms with E-state index in [0.717, 1.165) is 0 Å². The molecule has 0 spiro atoms. The van der Waals surface area contributed by atoms with Gasteiger partial charge in [-0.25, -0.2) is 4.98 Å². The van der Waals surface area contributed by atoms with Gasteiger partial charge in [0.2, 0.25) is 5.89 Å². The average molecular weight is 245 g/mol. The van der Waals surface area contributed by atoms with E-state index in [4.69, 9.17) is 4.42 Å². The second-order valence-corrected chi connectivity index (χ2v) is 4.52. The first-order chi connectivity index (χ1) is 9.43. The molecule has 1 aromatic heterocycles. The van der Waals surface area contributed by atoms with Crippen LogP contribution in [0.5, 0.6) is 0 Å². The van der Waals surface area contributed by atoms with Crippen LogP contribution in [0.1, 0.15) is 17.0 Å². The van der Waals surface area contributed by atoms with Crippen LogP contribution >= 0.6 is 0 Å². The van der Waals surface area contributed by atoms with Crippen LogP contribution in [0.3, 0.4) is 0 Å². The predicted molar refractivity (Wildman–Crippen MR) is 75.4 cm³/mol. The number of aromatic nitrogens is 1. The van der Waals surface area contributed by atoms with Crippen molar-refractivity contribution in [3.63, 3.8) is 0 Å². The quantitative estimate of drug-likeness (QED) is 0.501. The molecular formula is C17H11NO. The third-order valence-electron chi connectivity index (χ3n) is 3.44. The first-order valence-electron chi connectivity index (χ1n) is 6.24. The summed E-state index contributed by atoms with van der Waals surface area (Å²) in [5.41, 5.74) is 6.20. The molecule has 90 valence electrons. The highest BCUT2D eigenvalue weighted by molar-refractivity contribution is 6.05.